The summed E-state index contributed by atoms with van der Waals surface area (Å²) < 4.78 is 10.7. The predicted octanol–water partition coefficient (Wildman–Crippen LogP) is 1.85. The van der Waals surface area contributed by atoms with Gasteiger partial charge in [0.15, 0.2) is 0 Å². The molecule has 0 aliphatic heterocycles. The fourth-order valence-electron chi connectivity index (χ4n) is 0.838. The van der Waals surface area contributed by atoms with Crippen LogP contribution in [0.15, 0.2) is 48.8 Å². The molecule has 0 saturated carbocycles. The molecule has 15 heavy (non-hydrogen) atoms. The minimum atomic E-state index is -0.867. The summed E-state index contributed by atoms with van der Waals surface area (Å²) in [5.74, 6) is 1.17. The predicted molar refractivity (Wildman–Crippen MR) is 49.7 cm³/mol. The number of rotatable bonds is 4. The Morgan fingerprint density at radius 1 is 0.800 bits per heavy atom. The molecule has 0 saturated heterocycles. The average molecular weight is 383 g/mol. The van der Waals surface area contributed by atoms with E-state index < -0.39 is 19.3 Å². The number of aromatic nitrogens is 2. The third kappa shape index (κ3) is 3.33. The summed E-state index contributed by atoms with van der Waals surface area (Å²) in [6, 6.07) is 11.0. The fourth-order valence-corrected chi connectivity index (χ4v) is 1.87. The van der Waals surface area contributed by atoms with Gasteiger partial charge in [0.2, 0.25) is 0 Å². The van der Waals surface area contributed by atoms with Crippen molar-refractivity contribution in [2.45, 2.75) is 0 Å². The summed E-state index contributed by atoms with van der Waals surface area (Å²) in [6.07, 6.45) is 3.36. The number of hydrogen-bond donors (Lipinski definition) is 0. The number of nitrogens with zero attached hydrogens (tertiary/aromatic N) is 2. The van der Waals surface area contributed by atoms with Crippen LogP contribution in [-0.2, 0) is 19.3 Å². The second-order valence-corrected chi connectivity index (χ2v) is 3.82. The molecule has 0 fully saturated rings. The Kier molecular flexibility index (Phi) is 3.69. The zero-order valence-electron chi connectivity index (χ0n) is 7.65. The quantitative estimate of drug-likeness (QED) is 0.809. The summed E-state index contributed by atoms with van der Waals surface area (Å²) >= 11 is -0.867. The molecule has 4 nitrogen and oxygen atoms in total. The van der Waals surface area contributed by atoms with E-state index in [1.165, 1.54) is 0 Å². The van der Waals surface area contributed by atoms with E-state index >= 15 is 0 Å². The Labute approximate surface area is 96.7 Å². The van der Waals surface area contributed by atoms with Crippen molar-refractivity contribution in [3.63, 3.8) is 0 Å². The molecule has 0 unspecified atom stereocenters. The van der Waals surface area contributed by atoms with Crippen LogP contribution in [0.3, 0.4) is 0 Å². The van der Waals surface area contributed by atoms with Gasteiger partial charge in [-0.05, 0) is 0 Å². The van der Waals surface area contributed by atoms with E-state index in [0.29, 0.717) is 11.8 Å². The van der Waals surface area contributed by atoms with E-state index in [1.54, 1.807) is 24.5 Å². The first-order chi connectivity index (χ1) is 7.45. The maximum absolute atomic E-state index is 5.35. The first-order valence-electron chi connectivity index (χ1n) is 4.21. The summed E-state index contributed by atoms with van der Waals surface area (Å²) in [4.78, 5) is 8.03. The van der Waals surface area contributed by atoms with Crippen LogP contribution in [0.5, 0.6) is 11.8 Å². The molecule has 0 N–H and O–H groups in total. The van der Waals surface area contributed by atoms with Gasteiger partial charge in [-0.1, -0.05) is 0 Å². The Morgan fingerprint density at radius 2 is 1.33 bits per heavy atom. The summed E-state index contributed by atoms with van der Waals surface area (Å²) in [5, 5.41) is 0. The standard InChI is InChI=1S/2C5H5NO.Pt/c2*7-5-3-1-2-4-6-5;/h2*1-4H,(H,6,7);/q;;+2/p-2. The van der Waals surface area contributed by atoms with Crippen LogP contribution < -0.4 is 6.78 Å². The summed E-state index contributed by atoms with van der Waals surface area (Å²) in [6.45, 7) is 0. The van der Waals surface area contributed by atoms with Gasteiger partial charge in [0, 0.05) is 0 Å². The Balaban J connectivity index is 1.81. The van der Waals surface area contributed by atoms with Crippen LogP contribution >= 0.6 is 0 Å². The third-order valence-electron chi connectivity index (χ3n) is 1.46. The van der Waals surface area contributed by atoms with Crippen molar-refractivity contribution in [2.24, 2.45) is 0 Å². The van der Waals surface area contributed by atoms with Gasteiger partial charge in [0.25, 0.3) is 0 Å². The van der Waals surface area contributed by atoms with E-state index in [2.05, 4.69) is 9.97 Å². The third-order valence-corrected chi connectivity index (χ3v) is 2.79. The van der Waals surface area contributed by atoms with Crippen LogP contribution in [0.2, 0.25) is 0 Å². The molecule has 0 radical (unpaired) electrons. The molecule has 0 amide bonds. The first kappa shape index (κ1) is 10.1. The molecule has 80 valence electrons. The Morgan fingerprint density at radius 3 is 1.73 bits per heavy atom. The van der Waals surface area contributed by atoms with Gasteiger partial charge < -0.3 is 0 Å². The monoisotopic (exact) mass is 383 g/mol. The zero-order valence-corrected chi connectivity index (χ0v) is 9.92. The van der Waals surface area contributed by atoms with Crippen LogP contribution in [0, 0.1) is 0 Å². The van der Waals surface area contributed by atoms with Crippen molar-refractivity contribution in [3.8, 4) is 11.8 Å². The van der Waals surface area contributed by atoms with E-state index in [1.807, 2.05) is 24.3 Å². The molecule has 0 bridgehead atoms. The average Bonchev–Trinajstić information content (AvgIpc) is 2.32. The Bertz CT molecular complexity index is 357. The second-order valence-electron chi connectivity index (χ2n) is 2.52. The van der Waals surface area contributed by atoms with Gasteiger partial charge in [-0.15, -0.1) is 0 Å². The van der Waals surface area contributed by atoms with Crippen LogP contribution in [0.4, 0.5) is 0 Å². The van der Waals surface area contributed by atoms with Gasteiger partial charge in [-0.2, -0.15) is 0 Å². The molecule has 2 heterocycles. The van der Waals surface area contributed by atoms with E-state index in [0.717, 1.165) is 0 Å². The van der Waals surface area contributed by atoms with Gasteiger partial charge >= 0.3 is 96.6 Å². The molecule has 0 aromatic carbocycles. The van der Waals surface area contributed by atoms with Crippen LogP contribution in [0.25, 0.3) is 0 Å². The van der Waals surface area contributed by atoms with Gasteiger partial charge in [0.05, 0.1) is 0 Å². The molecular formula is C10H8N2O2Pt. The van der Waals surface area contributed by atoms with Crippen molar-refractivity contribution in [1.29, 1.82) is 0 Å². The molecule has 2 aromatic rings. The Hall–Kier alpha value is -1.41. The van der Waals surface area contributed by atoms with Gasteiger partial charge in [0.1, 0.15) is 0 Å². The zero-order chi connectivity index (χ0) is 10.3. The van der Waals surface area contributed by atoms with Crippen molar-refractivity contribution < 1.29 is 26.1 Å². The second kappa shape index (κ2) is 5.46. The maximum atomic E-state index is 5.35. The van der Waals surface area contributed by atoms with Crippen molar-refractivity contribution >= 4 is 0 Å². The van der Waals surface area contributed by atoms with E-state index in [-0.39, 0.29) is 0 Å². The van der Waals surface area contributed by atoms with Crippen molar-refractivity contribution in [3.05, 3.63) is 48.8 Å². The molecule has 0 aliphatic carbocycles. The van der Waals surface area contributed by atoms with E-state index in [4.69, 9.17) is 6.78 Å². The fraction of sp³-hybridized carbons (Fsp3) is 0. The summed E-state index contributed by atoms with van der Waals surface area (Å²) in [5.41, 5.74) is 0. The number of hydrogen-bond acceptors (Lipinski definition) is 4. The molecule has 0 aliphatic rings. The molecule has 2 aromatic heterocycles. The van der Waals surface area contributed by atoms with Crippen LogP contribution in [-0.4, -0.2) is 9.97 Å². The topological polar surface area (TPSA) is 44.2 Å². The molecule has 0 atom stereocenters. The van der Waals surface area contributed by atoms with Crippen molar-refractivity contribution in [2.75, 3.05) is 0 Å². The van der Waals surface area contributed by atoms with Crippen molar-refractivity contribution in [1.82, 2.24) is 9.97 Å². The first-order valence-corrected chi connectivity index (χ1v) is 6.06. The normalized spacial score (nSPS) is 9.87. The van der Waals surface area contributed by atoms with Crippen LogP contribution in [0.1, 0.15) is 0 Å². The summed E-state index contributed by atoms with van der Waals surface area (Å²) in [7, 11) is 0. The molecular weight excluding hydrogens is 375 g/mol. The SMILES string of the molecule is c1ccc([O][Pt][O]c2ccccn2)nc1. The van der Waals surface area contributed by atoms with E-state index in [9.17, 15) is 0 Å². The molecule has 5 heteroatoms. The molecule has 2 rings (SSSR count). The molecule has 0 spiro atoms. The van der Waals surface area contributed by atoms with Gasteiger partial charge in [-0.25, -0.2) is 0 Å². The minimum absolute atomic E-state index is 0.585. The number of pyridine rings is 2. The van der Waals surface area contributed by atoms with Gasteiger partial charge in [-0.3, -0.25) is 0 Å².